The van der Waals surface area contributed by atoms with E-state index in [1.54, 1.807) is 11.8 Å². The van der Waals surface area contributed by atoms with Crippen molar-refractivity contribution in [1.82, 2.24) is 10.1 Å². The van der Waals surface area contributed by atoms with Gasteiger partial charge in [0.1, 0.15) is 0 Å². The van der Waals surface area contributed by atoms with Gasteiger partial charge < -0.3 is 9.63 Å². The second-order valence-electron chi connectivity index (χ2n) is 4.93. The average molecular weight is 355 g/mol. The lowest BCUT2D eigenvalue weighted by molar-refractivity contribution is 0.140. The molecule has 1 aromatic carbocycles. The summed E-state index contributed by atoms with van der Waals surface area (Å²) in [5.74, 6) is 2.29. The topological polar surface area (TPSA) is 59.2 Å². The first kappa shape index (κ1) is 14.1. The molecule has 106 valence electrons. The van der Waals surface area contributed by atoms with Crippen LogP contribution >= 0.6 is 27.7 Å². The number of nitrogens with zero attached hydrogens (tertiary/aromatic N) is 2. The molecule has 0 radical (unpaired) electrons. The Morgan fingerprint density at radius 1 is 1.40 bits per heavy atom. The molecule has 20 heavy (non-hydrogen) atoms. The van der Waals surface area contributed by atoms with Crippen molar-refractivity contribution >= 4 is 27.7 Å². The van der Waals surface area contributed by atoms with E-state index in [9.17, 15) is 5.11 Å². The molecule has 1 saturated carbocycles. The second-order valence-corrected chi connectivity index (χ2v) is 6.80. The van der Waals surface area contributed by atoms with Crippen molar-refractivity contribution in [3.63, 3.8) is 0 Å². The van der Waals surface area contributed by atoms with Gasteiger partial charge in [0.15, 0.2) is 5.82 Å². The molecule has 0 saturated heterocycles. The molecule has 1 atom stereocenters. The summed E-state index contributed by atoms with van der Waals surface area (Å²) in [6, 6.07) is 8.04. The Morgan fingerprint density at radius 3 is 2.95 bits per heavy atom. The molecule has 0 spiro atoms. The van der Waals surface area contributed by atoms with Gasteiger partial charge in [-0.15, -0.1) is 11.8 Å². The van der Waals surface area contributed by atoms with Gasteiger partial charge in [0, 0.05) is 9.37 Å². The Hall–Kier alpha value is -0.850. The van der Waals surface area contributed by atoms with Crippen LogP contribution in [0.4, 0.5) is 0 Å². The van der Waals surface area contributed by atoms with Crippen LogP contribution in [0.1, 0.15) is 24.6 Å². The van der Waals surface area contributed by atoms with Crippen LogP contribution in [0.15, 0.2) is 38.2 Å². The molecular formula is C14H15BrN2O2S. The van der Waals surface area contributed by atoms with Crippen molar-refractivity contribution in [2.24, 2.45) is 5.92 Å². The Balaban J connectivity index is 1.55. The van der Waals surface area contributed by atoms with Crippen molar-refractivity contribution in [1.29, 1.82) is 0 Å². The molecule has 1 aliphatic carbocycles. The van der Waals surface area contributed by atoms with E-state index in [2.05, 4.69) is 26.1 Å². The molecule has 3 rings (SSSR count). The normalized spacial score (nSPS) is 16.3. The van der Waals surface area contributed by atoms with E-state index >= 15 is 0 Å². The number of aliphatic hydroxyl groups excluding tert-OH is 1. The third-order valence-corrected chi connectivity index (χ3v) is 5.28. The number of hydrogen-bond acceptors (Lipinski definition) is 5. The summed E-state index contributed by atoms with van der Waals surface area (Å²) in [5, 5.41) is 13.8. The standard InChI is InChI=1S/C14H15BrN2O2S/c15-10-3-1-2-4-12(10)20-8-13-16-14(19-17-13)7-11(18)9-5-6-9/h1-4,9,11,18H,5-8H2. The van der Waals surface area contributed by atoms with E-state index < -0.39 is 0 Å². The van der Waals surface area contributed by atoms with Crippen molar-refractivity contribution in [3.05, 3.63) is 40.5 Å². The molecule has 1 aliphatic rings. The van der Waals surface area contributed by atoms with E-state index in [1.165, 1.54) is 0 Å². The molecule has 1 fully saturated rings. The third-order valence-electron chi connectivity index (χ3n) is 3.25. The van der Waals surface area contributed by atoms with Gasteiger partial charge in [-0.1, -0.05) is 17.3 Å². The summed E-state index contributed by atoms with van der Waals surface area (Å²) in [4.78, 5) is 5.48. The lowest BCUT2D eigenvalue weighted by Crippen LogP contribution is -2.12. The predicted octanol–water partition coefficient (Wildman–Crippen LogP) is 3.44. The molecule has 1 heterocycles. The highest BCUT2D eigenvalue weighted by atomic mass is 79.9. The van der Waals surface area contributed by atoms with Crippen LogP contribution in [-0.4, -0.2) is 21.4 Å². The molecule has 1 N–H and O–H groups in total. The smallest absolute Gasteiger partial charge is 0.229 e. The summed E-state index contributed by atoms with van der Waals surface area (Å²) in [6.45, 7) is 0. The summed E-state index contributed by atoms with van der Waals surface area (Å²) < 4.78 is 6.25. The van der Waals surface area contributed by atoms with Crippen molar-refractivity contribution < 1.29 is 9.63 Å². The van der Waals surface area contributed by atoms with E-state index in [4.69, 9.17) is 4.52 Å². The van der Waals surface area contributed by atoms with E-state index in [0.717, 1.165) is 22.2 Å². The lowest BCUT2D eigenvalue weighted by atomic mass is 10.2. The van der Waals surface area contributed by atoms with Gasteiger partial charge >= 0.3 is 0 Å². The molecule has 6 heteroatoms. The molecule has 4 nitrogen and oxygen atoms in total. The minimum atomic E-state index is -0.334. The fourth-order valence-electron chi connectivity index (χ4n) is 1.96. The van der Waals surface area contributed by atoms with Crippen LogP contribution in [0.3, 0.4) is 0 Å². The van der Waals surface area contributed by atoms with E-state index in [0.29, 0.717) is 29.8 Å². The third kappa shape index (κ3) is 3.62. The Labute approximate surface area is 130 Å². The summed E-state index contributed by atoms with van der Waals surface area (Å²) in [7, 11) is 0. The largest absolute Gasteiger partial charge is 0.392 e. The van der Waals surface area contributed by atoms with Gasteiger partial charge in [-0.3, -0.25) is 0 Å². The highest BCUT2D eigenvalue weighted by molar-refractivity contribution is 9.10. The summed E-state index contributed by atoms with van der Waals surface area (Å²) in [6.07, 6.45) is 2.36. The quantitative estimate of drug-likeness (QED) is 0.805. The van der Waals surface area contributed by atoms with Crippen LogP contribution in [-0.2, 0) is 12.2 Å². The van der Waals surface area contributed by atoms with Gasteiger partial charge in [-0.2, -0.15) is 4.98 Å². The zero-order valence-electron chi connectivity index (χ0n) is 10.8. The highest BCUT2D eigenvalue weighted by Crippen LogP contribution is 2.34. The zero-order chi connectivity index (χ0) is 13.9. The molecule has 2 aromatic rings. The Bertz CT molecular complexity index is 586. The zero-order valence-corrected chi connectivity index (χ0v) is 13.2. The summed E-state index contributed by atoms with van der Waals surface area (Å²) in [5.41, 5.74) is 0. The van der Waals surface area contributed by atoms with Gasteiger partial charge in [-0.25, -0.2) is 0 Å². The first-order valence-electron chi connectivity index (χ1n) is 6.59. The Kier molecular flexibility index (Phi) is 4.43. The monoisotopic (exact) mass is 354 g/mol. The number of hydrogen-bond donors (Lipinski definition) is 1. The van der Waals surface area contributed by atoms with Crippen molar-refractivity contribution in [3.8, 4) is 0 Å². The number of thioether (sulfide) groups is 1. The van der Waals surface area contributed by atoms with Crippen molar-refractivity contribution in [2.75, 3.05) is 0 Å². The first-order valence-corrected chi connectivity index (χ1v) is 8.37. The van der Waals surface area contributed by atoms with Gasteiger partial charge in [0.2, 0.25) is 5.89 Å². The molecule has 0 bridgehead atoms. The number of benzene rings is 1. The molecular weight excluding hydrogens is 340 g/mol. The van der Waals surface area contributed by atoms with Crippen LogP contribution < -0.4 is 0 Å². The molecule has 0 aliphatic heterocycles. The fourth-order valence-corrected chi connectivity index (χ4v) is 3.37. The van der Waals surface area contributed by atoms with Crippen LogP contribution in [0.25, 0.3) is 0 Å². The average Bonchev–Trinajstić information content (AvgIpc) is 3.20. The number of halogens is 1. The van der Waals surface area contributed by atoms with Crippen LogP contribution in [0, 0.1) is 5.92 Å². The van der Waals surface area contributed by atoms with E-state index in [1.807, 2.05) is 24.3 Å². The minimum absolute atomic E-state index is 0.334. The molecule has 0 amide bonds. The SMILES string of the molecule is OC(Cc1nc(CSc2ccccc2Br)no1)C1CC1. The maximum atomic E-state index is 9.86. The van der Waals surface area contributed by atoms with Gasteiger partial charge in [0.05, 0.1) is 18.3 Å². The fraction of sp³-hybridized carbons (Fsp3) is 0.429. The highest BCUT2D eigenvalue weighted by Gasteiger charge is 2.31. The van der Waals surface area contributed by atoms with Gasteiger partial charge in [-0.05, 0) is 46.8 Å². The Morgan fingerprint density at radius 2 is 2.20 bits per heavy atom. The second kappa shape index (κ2) is 6.28. The lowest BCUT2D eigenvalue weighted by Gasteiger charge is -2.03. The minimum Gasteiger partial charge on any atom is -0.392 e. The molecule has 1 aromatic heterocycles. The number of rotatable bonds is 6. The number of aromatic nitrogens is 2. The van der Waals surface area contributed by atoms with E-state index in [-0.39, 0.29) is 6.10 Å². The van der Waals surface area contributed by atoms with Crippen LogP contribution in [0.5, 0.6) is 0 Å². The van der Waals surface area contributed by atoms with Crippen LogP contribution in [0.2, 0.25) is 0 Å². The first-order chi connectivity index (χ1) is 9.72. The summed E-state index contributed by atoms with van der Waals surface area (Å²) >= 11 is 5.17. The van der Waals surface area contributed by atoms with Crippen molar-refractivity contribution in [2.45, 2.75) is 36.0 Å². The maximum absolute atomic E-state index is 9.86. The predicted molar refractivity (Wildman–Crippen MR) is 80.4 cm³/mol. The number of aliphatic hydroxyl groups is 1. The van der Waals surface area contributed by atoms with Gasteiger partial charge in [0.25, 0.3) is 0 Å². The maximum Gasteiger partial charge on any atom is 0.229 e. The molecule has 1 unspecified atom stereocenters.